The highest BCUT2D eigenvalue weighted by molar-refractivity contribution is 5.02. The molecule has 110 valence electrons. The Morgan fingerprint density at radius 2 is 2.11 bits per heavy atom. The lowest BCUT2D eigenvalue weighted by atomic mass is 10.2. The summed E-state index contributed by atoms with van der Waals surface area (Å²) in [6.07, 6.45) is 1.72. The molecule has 4 heteroatoms. The topological polar surface area (TPSA) is 37.6 Å². The first-order valence-electron chi connectivity index (χ1n) is 7.11. The van der Waals surface area contributed by atoms with E-state index in [9.17, 15) is 0 Å². The van der Waals surface area contributed by atoms with E-state index in [2.05, 4.69) is 31.0 Å². The van der Waals surface area contributed by atoms with Crippen LogP contribution in [0.5, 0.6) is 0 Å². The summed E-state index contributed by atoms with van der Waals surface area (Å²) in [4.78, 5) is 2.44. The first kappa shape index (κ1) is 16.2. The standard InChI is InChI=1S/C15H28N2O2/c1-13(2)12-17(9-11-18-4)8-7-16-14(3)15-6-5-10-19-15/h5-6,10,13-14,16H,7-9,11-12H2,1-4H3. The fourth-order valence-corrected chi connectivity index (χ4v) is 2.11. The van der Waals surface area contributed by atoms with Gasteiger partial charge in [0.2, 0.25) is 0 Å². The molecule has 1 heterocycles. The Morgan fingerprint density at radius 3 is 2.68 bits per heavy atom. The molecule has 0 fully saturated rings. The number of ether oxygens (including phenoxy) is 1. The number of rotatable bonds is 10. The molecule has 0 bridgehead atoms. The van der Waals surface area contributed by atoms with Crippen molar-refractivity contribution in [1.82, 2.24) is 10.2 Å². The van der Waals surface area contributed by atoms with Gasteiger partial charge in [-0.05, 0) is 25.0 Å². The zero-order chi connectivity index (χ0) is 14.1. The van der Waals surface area contributed by atoms with Gasteiger partial charge in [0.1, 0.15) is 5.76 Å². The van der Waals surface area contributed by atoms with E-state index in [1.165, 1.54) is 0 Å². The van der Waals surface area contributed by atoms with Crippen molar-refractivity contribution in [1.29, 1.82) is 0 Å². The van der Waals surface area contributed by atoms with Gasteiger partial charge in [-0.1, -0.05) is 13.8 Å². The molecule has 1 aromatic rings. The van der Waals surface area contributed by atoms with Crippen LogP contribution in [0.25, 0.3) is 0 Å². The van der Waals surface area contributed by atoms with Crippen LogP contribution in [0.4, 0.5) is 0 Å². The molecular formula is C15H28N2O2. The largest absolute Gasteiger partial charge is 0.468 e. The van der Waals surface area contributed by atoms with E-state index in [4.69, 9.17) is 9.15 Å². The first-order valence-corrected chi connectivity index (χ1v) is 7.11. The van der Waals surface area contributed by atoms with Crippen LogP contribution in [0.1, 0.15) is 32.6 Å². The monoisotopic (exact) mass is 268 g/mol. The van der Waals surface area contributed by atoms with Crippen molar-refractivity contribution in [3.63, 3.8) is 0 Å². The summed E-state index contributed by atoms with van der Waals surface area (Å²) in [5, 5.41) is 3.49. The number of hydrogen-bond acceptors (Lipinski definition) is 4. The van der Waals surface area contributed by atoms with Crippen molar-refractivity contribution in [3.05, 3.63) is 24.2 Å². The smallest absolute Gasteiger partial charge is 0.120 e. The molecule has 1 aromatic heterocycles. The molecule has 1 N–H and O–H groups in total. The van der Waals surface area contributed by atoms with E-state index in [0.717, 1.165) is 38.5 Å². The fraction of sp³-hybridized carbons (Fsp3) is 0.733. The summed E-state index contributed by atoms with van der Waals surface area (Å²) >= 11 is 0. The predicted octanol–water partition coefficient (Wildman–Crippen LogP) is 2.53. The second-order valence-electron chi connectivity index (χ2n) is 5.38. The Balaban J connectivity index is 2.26. The predicted molar refractivity (Wildman–Crippen MR) is 78.3 cm³/mol. The van der Waals surface area contributed by atoms with Gasteiger partial charge < -0.3 is 14.5 Å². The maximum Gasteiger partial charge on any atom is 0.120 e. The summed E-state index contributed by atoms with van der Waals surface area (Å²) in [6, 6.07) is 4.20. The van der Waals surface area contributed by atoms with Crippen LogP contribution in [0.15, 0.2) is 22.8 Å². The molecular weight excluding hydrogens is 240 g/mol. The highest BCUT2D eigenvalue weighted by Gasteiger charge is 2.10. The van der Waals surface area contributed by atoms with Crippen LogP contribution in [0, 0.1) is 5.92 Å². The Labute approximate surface area is 117 Å². The number of nitrogens with zero attached hydrogens (tertiary/aromatic N) is 1. The van der Waals surface area contributed by atoms with Gasteiger partial charge in [0.15, 0.2) is 0 Å². The third kappa shape index (κ3) is 6.76. The third-order valence-corrected chi connectivity index (χ3v) is 3.08. The summed E-state index contributed by atoms with van der Waals surface area (Å²) in [7, 11) is 1.75. The second kappa shape index (κ2) is 9.13. The van der Waals surface area contributed by atoms with E-state index in [-0.39, 0.29) is 6.04 Å². The van der Waals surface area contributed by atoms with Gasteiger partial charge >= 0.3 is 0 Å². The summed E-state index contributed by atoms with van der Waals surface area (Å²) in [5.41, 5.74) is 0. The molecule has 0 spiro atoms. The van der Waals surface area contributed by atoms with Gasteiger partial charge in [0.25, 0.3) is 0 Å². The fourth-order valence-electron chi connectivity index (χ4n) is 2.11. The Hall–Kier alpha value is -0.840. The van der Waals surface area contributed by atoms with Gasteiger partial charge in [0.05, 0.1) is 18.9 Å². The number of furan rings is 1. The minimum atomic E-state index is 0.262. The lowest BCUT2D eigenvalue weighted by molar-refractivity contribution is 0.139. The van der Waals surface area contributed by atoms with E-state index < -0.39 is 0 Å². The maximum atomic E-state index is 5.39. The average molecular weight is 268 g/mol. The van der Waals surface area contributed by atoms with Crippen molar-refractivity contribution >= 4 is 0 Å². The summed E-state index contributed by atoms with van der Waals surface area (Å²) < 4.78 is 10.5. The van der Waals surface area contributed by atoms with Crippen LogP contribution in [-0.2, 0) is 4.74 Å². The molecule has 0 aliphatic carbocycles. The van der Waals surface area contributed by atoms with Crippen LogP contribution in [0.2, 0.25) is 0 Å². The van der Waals surface area contributed by atoms with Gasteiger partial charge in [0, 0.05) is 33.3 Å². The molecule has 0 aliphatic rings. The third-order valence-electron chi connectivity index (χ3n) is 3.08. The molecule has 0 aliphatic heterocycles. The summed E-state index contributed by atoms with van der Waals surface area (Å²) in [5.74, 6) is 1.67. The summed E-state index contributed by atoms with van der Waals surface area (Å²) in [6.45, 7) is 11.5. The minimum Gasteiger partial charge on any atom is -0.468 e. The van der Waals surface area contributed by atoms with E-state index in [1.807, 2.05) is 12.1 Å². The van der Waals surface area contributed by atoms with Crippen molar-refractivity contribution in [2.24, 2.45) is 5.92 Å². The van der Waals surface area contributed by atoms with Crippen LogP contribution >= 0.6 is 0 Å². The zero-order valence-corrected chi connectivity index (χ0v) is 12.7. The van der Waals surface area contributed by atoms with Gasteiger partial charge in [-0.15, -0.1) is 0 Å². The van der Waals surface area contributed by atoms with E-state index in [0.29, 0.717) is 5.92 Å². The number of methoxy groups -OCH3 is 1. The van der Waals surface area contributed by atoms with Crippen molar-refractivity contribution < 1.29 is 9.15 Å². The highest BCUT2D eigenvalue weighted by Crippen LogP contribution is 2.11. The maximum absolute atomic E-state index is 5.39. The second-order valence-corrected chi connectivity index (χ2v) is 5.38. The molecule has 0 amide bonds. The van der Waals surface area contributed by atoms with E-state index in [1.54, 1.807) is 13.4 Å². The van der Waals surface area contributed by atoms with Gasteiger partial charge in [-0.25, -0.2) is 0 Å². The molecule has 0 saturated carbocycles. The Morgan fingerprint density at radius 1 is 1.32 bits per heavy atom. The SMILES string of the molecule is COCCN(CCNC(C)c1ccco1)CC(C)C. The van der Waals surface area contributed by atoms with Crippen molar-refractivity contribution in [2.45, 2.75) is 26.8 Å². The van der Waals surface area contributed by atoms with Crippen molar-refractivity contribution in [2.75, 3.05) is 39.9 Å². The minimum absolute atomic E-state index is 0.262. The van der Waals surface area contributed by atoms with Crippen LogP contribution in [-0.4, -0.2) is 44.8 Å². The Bertz CT molecular complexity index is 312. The molecule has 1 rings (SSSR count). The Kier molecular flexibility index (Phi) is 7.79. The quantitative estimate of drug-likeness (QED) is 0.707. The number of hydrogen-bond donors (Lipinski definition) is 1. The highest BCUT2D eigenvalue weighted by atomic mass is 16.5. The molecule has 1 unspecified atom stereocenters. The lowest BCUT2D eigenvalue weighted by Crippen LogP contribution is -2.37. The molecule has 4 nitrogen and oxygen atoms in total. The molecule has 0 aromatic carbocycles. The molecule has 0 radical (unpaired) electrons. The van der Waals surface area contributed by atoms with Gasteiger partial charge in [-0.2, -0.15) is 0 Å². The number of nitrogens with one attached hydrogen (secondary N) is 1. The zero-order valence-electron chi connectivity index (χ0n) is 12.7. The molecule has 19 heavy (non-hydrogen) atoms. The van der Waals surface area contributed by atoms with E-state index >= 15 is 0 Å². The average Bonchev–Trinajstić information content (AvgIpc) is 2.88. The molecule has 1 atom stereocenters. The lowest BCUT2D eigenvalue weighted by Gasteiger charge is -2.24. The molecule has 0 saturated heterocycles. The van der Waals surface area contributed by atoms with Gasteiger partial charge in [-0.3, -0.25) is 4.90 Å². The first-order chi connectivity index (χ1) is 9.13. The normalized spacial score (nSPS) is 13.4. The van der Waals surface area contributed by atoms with Crippen LogP contribution < -0.4 is 5.32 Å². The van der Waals surface area contributed by atoms with Crippen LogP contribution in [0.3, 0.4) is 0 Å². The van der Waals surface area contributed by atoms with Crippen molar-refractivity contribution in [3.8, 4) is 0 Å².